The summed E-state index contributed by atoms with van der Waals surface area (Å²) in [6, 6.07) is 9.85. The Hall–Kier alpha value is -2.95. The molecule has 0 spiro atoms. The number of fused-ring (bicyclic) bond motifs is 1. The van der Waals surface area contributed by atoms with Gasteiger partial charge in [-0.1, -0.05) is 12.1 Å². The Morgan fingerprint density at radius 2 is 2.12 bits per heavy atom. The van der Waals surface area contributed by atoms with Gasteiger partial charge in [0.05, 0.1) is 23.9 Å². The highest BCUT2D eigenvalue weighted by Crippen LogP contribution is 2.54. The maximum absolute atomic E-state index is 11.8. The Morgan fingerprint density at radius 1 is 1.40 bits per heavy atom. The van der Waals surface area contributed by atoms with E-state index in [9.17, 15) is 20.6 Å². The third-order valence-corrected chi connectivity index (χ3v) is 6.04. The van der Waals surface area contributed by atoms with Gasteiger partial charge in [0.15, 0.2) is 5.41 Å². The minimum Gasteiger partial charge on any atom is -0.339 e. The average molecular weight is 349 g/mol. The molecule has 6 nitrogen and oxygen atoms in total. The summed E-state index contributed by atoms with van der Waals surface area (Å²) in [6.07, 6.45) is 1.82. The summed E-state index contributed by atoms with van der Waals surface area (Å²) in [5, 5.41) is 39.6. The van der Waals surface area contributed by atoms with Gasteiger partial charge in [-0.05, 0) is 17.0 Å². The van der Waals surface area contributed by atoms with Gasteiger partial charge in [-0.3, -0.25) is 4.79 Å². The molecule has 124 valence electrons. The first-order chi connectivity index (χ1) is 12.0. The van der Waals surface area contributed by atoms with Gasteiger partial charge in [0.25, 0.3) is 0 Å². The van der Waals surface area contributed by atoms with E-state index in [0.717, 1.165) is 10.5 Å². The van der Waals surface area contributed by atoms with E-state index >= 15 is 0 Å². The fourth-order valence-corrected chi connectivity index (χ4v) is 4.80. The van der Waals surface area contributed by atoms with Crippen LogP contribution < -0.4 is 0 Å². The molecule has 0 bridgehead atoms. The first kappa shape index (κ1) is 16.9. The van der Waals surface area contributed by atoms with Crippen molar-refractivity contribution in [1.29, 1.82) is 21.2 Å². The molecule has 1 amide bonds. The van der Waals surface area contributed by atoms with Gasteiger partial charge in [-0.2, -0.15) is 15.8 Å². The predicted octanol–water partition coefficient (Wildman–Crippen LogP) is 2.44. The third kappa shape index (κ3) is 2.35. The lowest BCUT2D eigenvalue weighted by atomic mass is 9.55. The van der Waals surface area contributed by atoms with Gasteiger partial charge in [0, 0.05) is 36.7 Å². The van der Waals surface area contributed by atoms with Crippen molar-refractivity contribution in [1.82, 2.24) is 4.90 Å². The van der Waals surface area contributed by atoms with Gasteiger partial charge in [0.2, 0.25) is 5.91 Å². The smallest absolute Gasteiger partial charge is 0.219 e. The Labute approximate surface area is 149 Å². The van der Waals surface area contributed by atoms with Crippen molar-refractivity contribution in [2.75, 3.05) is 13.1 Å². The average Bonchev–Trinajstić information content (AvgIpc) is 3.14. The molecule has 2 heterocycles. The second-order valence-corrected chi connectivity index (χ2v) is 7.21. The maximum atomic E-state index is 11.8. The highest BCUT2D eigenvalue weighted by atomic mass is 32.1. The fraction of sp³-hybridized carbons (Fsp3) is 0.389. The first-order valence-electron chi connectivity index (χ1n) is 7.80. The highest BCUT2D eigenvalue weighted by Gasteiger charge is 2.58. The van der Waals surface area contributed by atoms with E-state index in [4.69, 9.17) is 5.41 Å². The van der Waals surface area contributed by atoms with Gasteiger partial charge in [-0.15, -0.1) is 11.3 Å². The van der Waals surface area contributed by atoms with Crippen LogP contribution in [-0.4, -0.2) is 29.6 Å². The Balaban J connectivity index is 2.23. The van der Waals surface area contributed by atoms with E-state index in [2.05, 4.69) is 6.07 Å². The molecule has 7 heteroatoms. The van der Waals surface area contributed by atoms with Crippen LogP contribution in [0.5, 0.6) is 0 Å². The topological polar surface area (TPSA) is 116 Å². The summed E-state index contributed by atoms with van der Waals surface area (Å²) in [4.78, 5) is 14.3. The summed E-state index contributed by atoms with van der Waals surface area (Å²) in [5.74, 6) is -1.87. The van der Waals surface area contributed by atoms with E-state index < -0.39 is 17.3 Å². The van der Waals surface area contributed by atoms with Crippen LogP contribution in [0.2, 0.25) is 0 Å². The van der Waals surface area contributed by atoms with Crippen molar-refractivity contribution in [2.45, 2.75) is 12.8 Å². The molecule has 1 fully saturated rings. The lowest BCUT2D eigenvalue weighted by molar-refractivity contribution is -0.129. The number of hydrogen-bond acceptors (Lipinski definition) is 6. The van der Waals surface area contributed by atoms with Crippen LogP contribution in [-0.2, 0) is 4.79 Å². The molecular formula is C18H15N5OS. The molecule has 2 aliphatic rings. The van der Waals surface area contributed by atoms with Crippen molar-refractivity contribution >= 4 is 23.0 Å². The van der Waals surface area contributed by atoms with Crippen LogP contribution >= 0.6 is 11.3 Å². The van der Waals surface area contributed by atoms with E-state index in [0.29, 0.717) is 13.1 Å². The van der Waals surface area contributed by atoms with Crippen LogP contribution in [0.15, 0.2) is 29.2 Å². The molecule has 0 saturated heterocycles. The maximum Gasteiger partial charge on any atom is 0.219 e. The Morgan fingerprint density at radius 3 is 2.64 bits per heavy atom. The number of hydrogen-bond donors (Lipinski definition) is 1. The van der Waals surface area contributed by atoms with Gasteiger partial charge < -0.3 is 10.3 Å². The molecule has 25 heavy (non-hydrogen) atoms. The van der Waals surface area contributed by atoms with E-state index in [1.165, 1.54) is 18.3 Å². The molecule has 1 aromatic heterocycles. The van der Waals surface area contributed by atoms with E-state index in [1.807, 2.05) is 35.7 Å². The number of nitrogens with zero attached hydrogens (tertiary/aromatic N) is 4. The highest BCUT2D eigenvalue weighted by molar-refractivity contribution is 7.10. The minimum absolute atomic E-state index is 0.0890. The summed E-state index contributed by atoms with van der Waals surface area (Å²) in [5.41, 5.74) is -1.10. The van der Waals surface area contributed by atoms with Crippen LogP contribution in [0.4, 0.5) is 0 Å². The number of carbonyl (C=O) groups is 1. The molecule has 0 aromatic carbocycles. The lowest BCUT2D eigenvalue weighted by Crippen LogP contribution is -2.53. The molecule has 1 unspecified atom stereocenters. The second-order valence-electron chi connectivity index (χ2n) is 6.24. The van der Waals surface area contributed by atoms with Crippen molar-refractivity contribution < 1.29 is 4.79 Å². The molecule has 1 N–H and O–H groups in total. The van der Waals surface area contributed by atoms with Crippen LogP contribution in [0.1, 0.15) is 17.7 Å². The van der Waals surface area contributed by atoms with Crippen molar-refractivity contribution in [3.63, 3.8) is 0 Å². The van der Waals surface area contributed by atoms with Crippen molar-refractivity contribution in [2.24, 2.45) is 17.3 Å². The molecule has 1 aliphatic heterocycles. The molecule has 3 rings (SSSR count). The molecule has 1 aromatic rings. The summed E-state index contributed by atoms with van der Waals surface area (Å²) in [7, 11) is 0. The standard InChI is InChI=1S/C18H15N5OS/c1-11(24)23-5-4-12-13(7-19)17(22)18(9-20,10-21)16(14(12)8-23)15-3-2-6-25-15/h2-4,6,13-14,16,22H,5,8H2,1H3/t13?,14-,16+/m1/s1. The molecular weight excluding hydrogens is 334 g/mol. The normalized spacial score (nSPS) is 27.3. The van der Waals surface area contributed by atoms with Crippen LogP contribution in [0.25, 0.3) is 0 Å². The number of nitrogens with one attached hydrogen (secondary N) is 1. The molecule has 1 saturated carbocycles. The number of thiophene rings is 1. The van der Waals surface area contributed by atoms with Crippen LogP contribution in [0.3, 0.4) is 0 Å². The third-order valence-electron chi connectivity index (χ3n) is 5.09. The van der Waals surface area contributed by atoms with Crippen LogP contribution in [0, 0.1) is 56.7 Å². The molecule has 1 aliphatic carbocycles. The van der Waals surface area contributed by atoms with Gasteiger partial charge in [-0.25, -0.2) is 0 Å². The monoisotopic (exact) mass is 349 g/mol. The Kier molecular flexibility index (Phi) is 4.17. The molecule has 0 radical (unpaired) electrons. The van der Waals surface area contributed by atoms with Crippen molar-refractivity contribution in [3.8, 4) is 18.2 Å². The zero-order valence-corrected chi connectivity index (χ0v) is 14.4. The fourth-order valence-electron chi connectivity index (χ4n) is 3.84. The lowest BCUT2D eigenvalue weighted by Gasteiger charge is -2.47. The summed E-state index contributed by atoms with van der Waals surface area (Å²) < 4.78 is 0. The summed E-state index contributed by atoms with van der Waals surface area (Å²) >= 11 is 1.43. The first-order valence-corrected chi connectivity index (χ1v) is 8.68. The number of rotatable bonds is 1. The Bertz CT molecular complexity index is 866. The van der Waals surface area contributed by atoms with E-state index in [-0.39, 0.29) is 17.5 Å². The van der Waals surface area contributed by atoms with Crippen molar-refractivity contribution in [3.05, 3.63) is 34.0 Å². The molecule has 3 atom stereocenters. The summed E-state index contributed by atoms with van der Waals surface area (Å²) in [6.45, 7) is 2.21. The quantitative estimate of drug-likeness (QED) is 0.784. The number of amides is 1. The number of nitriles is 3. The largest absolute Gasteiger partial charge is 0.339 e. The van der Waals surface area contributed by atoms with Gasteiger partial charge in [0.1, 0.15) is 5.92 Å². The number of carbonyl (C=O) groups excluding carboxylic acids is 1. The minimum atomic E-state index is -1.70. The van der Waals surface area contributed by atoms with Gasteiger partial charge >= 0.3 is 0 Å². The SMILES string of the molecule is CC(=O)N1CC=C2C(C#N)C(=N)C(C#N)(C#N)[C@H](c3cccs3)[C@@H]2C1. The zero-order valence-electron chi connectivity index (χ0n) is 13.6. The second kappa shape index (κ2) is 6.16. The van der Waals surface area contributed by atoms with E-state index in [1.54, 1.807) is 4.90 Å². The predicted molar refractivity (Wildman–Crippen MR) is 91.4 cm³/mol. The zero-order chi connectivity index (χ0) is 18.2.